The summed E-state index contributed by atoms with van der Waals surface area (Å²) >= 11 is 0. The fourth-order valence-corrected chi connectivity index (χ4v) is 5.00. The highest BCUT2D eigenvalue weighted by molar-refractivity contribution is 7.89. The molecule has 0 bridgehead atoms. The lowest BCUT2D eigenvalue weighted by Gasteiger charge is -2.38. The molecular weight excluding hydrogens is 300 g/mol. The summed E-state index contributed by atoms with van der Waals surface area (Å²) in [7, 11) is -3.51. The van der Waals surface area contributed by atoms with Gasteiger partial charge in [0.1, 0.15) is 4.90 Å². The monoisotopic (exact) mass is 322 g/mol. The van der Waals surface area contributed by atoms with Gasteiger partial charge in [0, 0.05) is 19.1 Å². The van der Waals surface area contributed by atoms with Crippen LogP contribution < -0.4 is 5.73 Å². The normalized spacial score (nSPS) is 24.4. The summed E-state index contributed by atoms with van der Waals surface area (Å²) in [6.45, 7) is 6.40. The highest BCUT2D eigenvalue weighted by Crippen LogP contribution is 2.30. The molecule has 1 fully saturated rings. The number of hydrogen-bond donors (Lipinski definition) is 2. The zero-order valence-corrected chi connectivity index (χ0v) is 13.7. The van der Waals surface area contributed by atoms with E-state index in [4.69, 9.17) is 5.73 Å². The standard InChI is InChI=1S/C12H22N4O2S.ClH/c1-8-5-4-6-16(11(8)7-13)19(17,18)12-9(2)14-15-10(12)3;/h8,11H,4-7,13H2,1-3H3,(H,14,15);1H. The van der Waals surface area contributed by atoms with Crippen LogP contribution in [0.3, 0.4) is 0 Å². The van der Waals surface area contributed by atoms with Gasteiger partial charge in [-0.3, -0.25) is 5.10 Å². The quantitative estimate of drug-likeness (QED) is 0.874. The number of sulfonamides is 1. The SMILES string of the molecule is Cc1n[nH]c(C)c1S(=O)(=O)N1CCCC(C)C1CN.Cl. The van der Waals surface area contributed by atoms with E-state index in [2.05, 4.69) is 17.1 Å². The maximum Gasteiger partial charge on any atom is 0.247 e. The Hall–Kier alpha value is -0.630. The minimum Gasteiger partial charge on any atom is -0.329 e. The minimum absolute atomic E-state index is 0. The summed E-state index contributed by atoms with van der Waals surface area (Å²) in [5.41, 5.74) is 6.89. The second kappa shape index (κ2) is 6.43. The van der Waals surface area contributed by atoms with Crippen molar-refractivity contribution in [2.24, 2.45) is 11.7 Å². The van der Waals surface area contributed by atoms with Crippen LogP contribution in [0.5, 0.6) is 0 Å². The van der Waals surface area contributed by atoms with Crippen LogP contribution in [0.1, 0.15) is 31.2 Å². The molecule has 1 aromatic heterocycles. The Bertz CT molecular complexity index is 538. The molecule has 2 rings (SSSR count). The van der Waals surface area contributed by atoms with Crippen molar-refractivity contribution < 1.29 is 8.42 Å². The van der Waals surface area contributed by atoms with Gasteiger partial charge in [-0.2, -0.15) is 9.40 Å². The predicted octanol–water partition coefficient (Wildman–Crippen LogP) is 1.20. The molecule has 0 saturated carbocycles. The first-order chi connectivity index (χ1) is 8.89. The predicted molar refractivity (Wildman–Crippen MR) is 80.4 cm³/mol. The topological polar surface area (TPSA) is 92.1 Å². The Morgan fingerprint density at radius 2 is 2.10 bits per heavy atom. The molecule has 0 aliphatic carbocycles. The highest BCUT2D eigenvalue weighted by atomic mass is 35.5. The molecule has 0 aromatic carbocycles. The number of halogens is 1. The summed E-state index contributed by atoms with van der Waals surface area (Å²) in [6, 6.07) is -0.118. The van der Waals surface area contributed by atoms with Crippen LogP contribution in [0, 0.1) is 19.8 Å². The summed E-state index contributed by atoms with van der Waals surface area (Å²) in [5, 5.41) is 6.72. The fourth-order valence-electron chi connectivity index (χ4n) is 2.90. The van der Waals surface area contributed by atoms with E-state index < -0.39 is 10.0 Å². The van der Waals surface area contributed by atoms with Crippen molar-refractivity contribution >= 4 is 22.4 Å². The Labute approximate surface area is 126 Å². The van der Waals surface area contributed by atoms with Crippen molar-refractivity contribution in [2.75, 3.05) is 13.1 Å². The van der Waals surface area contributed by atoms with Crippen LogP contribution in [0.2, 0.25) is 0 Å². The van der Waals surface area contributed by atoms with Gasteiger partial charge in [0.15, 0.2) is 0 Å². The molecule has 1 aliphatic heterocycles. The van der Waals surface area contributed by atoms with Gasteiger partial charge in [-0.1, -0.05) is 6.92 Å². The molecule has 116 valence electrons. The lowest BCUT2D eigenvalue weighted by Crippen LogP contribution is -2.51. The third kappa shape index (κ3) is 2.86. The van der Waals surface area contributed by atoms with Crippen molar-refractivity contribution in [1.82, 2.24) is 14.5 Å². The second-order valence-electron chi connectivity index (χ2n) is 5.30. The van der Waals surface area contributed by atoms with E-state index in [1.165, 1.54) is 0 Å². The number of piperidine rings is 1. The zero-order chi connectivity index (χ0) is 14.2. The van der Waals surface area contributed by atoms with Gasteiger partial charge in [0.25, 0.3) is 0 Å². The smallest absolute Gasteiger partial charge is 0.247 e. The average molecular weight is 323 g/mol. The largest absolute Gasteiger partial charge is 0.329 e. The van der Waals surface area contributed by atoms with Gasteiger partial charge in [0.05, 0.1) is 11.4 Å². The minimum atomic E-state index is -3.51. The molecule has 2 unspecified atom stereocenters. The summed E-state index contributed by atoms with van der Waals surface area (Å²) in [4.78, 5) is 0.306. The first-order valence-corrected chi connectivity index (χ1v) is 8.07. The molecule has 20 heavy (non-hydrogen) atoms. The van der Waals surface area contributed by atoms with Gasteiger partial charge >= 0.3 is 0 Å². The van der Waals surface area contributed by atoms with Crippen molar-refractivity contribution in [3.8, 4) is 0 Å². The Morgan fingerprint density at radius 1 is 1.45 bits per heavy atom. The molecule has 0 amide bonds. The van der Waals surface area contributed by atoms with Gasteiger partial charge < -0.3 is 5.73 Å². The van der Waals surface area contributed by atoms with E-state index >= 15 is 0 Å². The van der Waals surface area contributed by atoms with E-state index in [0.717, 1.165) is 12.8 Å². The number of nitrogens with zero attached hydrogens (tertiary/aromatic N) is 2. The van der Waals surface area contributed by atoms with Gasteiger partial charge in [-0.15, -0.1) is 12.4 Å². The second-order valence-corrected chi connectivity index (χ2v) is 7.13. The van der Waals surface area contributed by atoms with E-state index in [9.17, 15) is 8.42 Å². The van der Waals surface area contributed by atoms with Crippen molar-refractivity contribution in [1.29, 1.82) is 0 Å². The van der Waals surface area contributed by atoms with Crippen LogP contribution in [-0.2, 0) is 10.0 Å². The molecule has 1 aliphatic rings. The van der Waals surface area contributed by atoms with Gasteiger partial charge in [-0.05, 0) is 32.6 Å². The molecule has 8 heteroatoms. The van der Waals surface area contributed by atoms with Crippen LogP contribution in [0.25, 0.3) is 0 Å². The molecule has 1 saturated heterocycles. The average Bonchev–Trinajstić information content (AvgIpc) is 2.69. The van der Waals surface area contributed by atoms with Crippen molar-refractivity contribution in [3.63, 3.8) is 0 Å². The maximum absolute atomic E-state index is 12.8. The number of aromatic nitrogens is 2. The third-order valence-corrected chi connectivity index (χ3v) is 6.12. The Balaban J connectivity index is 0.00000200. The van der Waals surface area contributed by atoms with Crippen molar-refractivity contribution in [3.05, 3.63) is 11.4 Å². The number of aromatic amines is 1. The number of rotatable bonds is 3. The summed E-state index contributed by atoms with van der Waals surface area (Å²) in [6.07, 6.45) is 1.91. The summed E-state index contributed by atoms with van der Waals surface area (Å²) in [5.74, 6) is 0.293. The number of nitrogens with one attached hydrogen (secondary N) is 1. The molecule has 0 radical (unpaired) electrons. The van der Waals surface area contributed by atoms with Crippen molar-refractivity contribution in [2.45, 2.75) is 44.6 Å². The first kappa shape index (κ1) is 17.4. The van der Waals surface area contributed by atoms with Crippen LogP contribution in [-0.4, -0.2) is 42.1 Å². The lowest BCUT2D eigenvalue weighted by molar-refractivity contribution is 0.192. The number of nitrogens with two attached hydrogens (primary N) is 1. The molecule has 2 atom stereocenters. The molecule has 1 aromatic rings. The van der Waals surface area contributed by atoms with E-state index in [0.29, 0.717) is 35.3 Å². The fraction of sp³-hybridized carbons (Fsp3) is 0.750. The number of H-pyrrole nitrogens is 1. The third-order valence-electron chi connectivity index (χ3n) is 3.93. The van der Waals surface area contributed by atoms with Gasteiger partial charge in [-0.25, -0.2) is 8.42 Å². The highest BCUT2D eigenvalue weighted by Gasteiger charge is 2.38. The summed E-state index contributed by atoms with van der Waals surface area (Å²) < 4.78 is 27.2. The number of aryl methyl sites for hydroxylation is 2. The molecule has 3 N–H and O–H groups in total. The molecule has 2 heterocycles. The zero-order valence-electron chi connectivity index (χ0n) is 12.1. The van der Waals surface area contributed by atoms with Gasteiger partial charge in [0.2, 0.25) is 10.0 Å². The first-order valence-electron chi connectivity index (χ1n) is 6.63. The molecule has 6 nitrogen and oxygen atoms in total. The maximum atomic E-state index is 12.8. The van der Waals surface area contributed by atoms with Crippen LogP contribution in [0.4, 0.5) is 0 Å². The lowest BCUT2D eigenvalue weighted by atomic mass is 9.93. The van der Waals surface area contributed by atoms with Crippen LogP contribution in [0.15, 0.2) is 4.90 Å². The Morgan fingerprint density at radius 3 is 2.60 bits per heavy atom. The van der Waals surface area contributed by atoms with E-state index in [1.54, 1.807) is 18.2 Å². The van der Waals surface area contributed by atoms with E-state index in [1.807, 2.05) is 0 Å². The Kier molecular flexibility index (Phi) is 5.60. The van der Waals surface area contributed by atoms with E-state index in [-0.39, 0.29) is 18.4 Å². The molecule has 0 spiro atoms. The van der Waals surface area contributed by atoms with Crippen LogP contribution >= 0.6 is 12.4 Å². The molecular formula is C12H23ClN4O2S. The number of hydrogen-bond acceptors (Lipinski definition) is 4.